The maximum absolute atomic E-state index is 13.4. The molecule has 2 aromatic carbocycles. The summed E-state index contributed by atoms with van der Waals surface area (Å²) in [5.74, 6) is -0.402. The van der Waals surface area contributed by atoms with Crippen molar-refractivity contribution in [3.05, 3.63) is 64.0 Å². The van der Waals surface area contributed by atoms with Crippen LogP contribution in [-0.2, 0) is 16.6 Å². The molecule has 3 N–H and O–H groups in total. The van der Waals surface area contributed by atoms with E-state index in [4.69, 9.17) is 4.63 Å². The van der Waals surface area contributed by atoms with Crippen LogP contribution in [0.25, 0.3) is 0 Å². The monoisotopic (exact) mass is 510 g/mol. The summed E-state index contributed by atoms with van der Waals surface area (Å²) in [5.41, 5.74) is 3.06. The van der Waals surface area contributed by atoms with Crippen molar-refractivity contribution >= 4 is 43.3 Å². The largest absolute Gasteiger partial charge is 0.364 e. The van der Waals surface area contributed by atoms with Gasteiger partial charge in [-0.1, -0.05) is 18.2 Å². The van der Waals surface area contributed by atoms with E-state index in [-0.39, 0.29) is 41.5 Å². The number of aliphatic imine (C=N–C) groups is 1. The first-order valence-electron chi connectivity index (χ1n) is 8.99. The van der Waals surface area contributed by atoms with Gasteiger partial charge in [0, 0.05) is 19.6 Å². The van der Waals surface area contributed by atoms with E-state index in [0.29, 0.717) is 10.6 Å². The Morgan fingerprint density at radius 3 is 2.84 bits per heavy atom. The first-order chi connectivity index (χ1) is 14.9. The Balaban J connectivity index is 1.46. The highest BCUT2D eigenvalue weighted by molar-refractivity contribution is 9.10. The molecule has 1 aliphatic rings. The van der Waals surface area contributed by atoms with Gasteiger partial charge in [0.1, 0.15) is 5.82 Å². The van der Waals surface area contributed by atoms with Crippen molar-refractivity contribution in [3.8, 4) is 0 Å². The Bertz CT molecular complexity index is 1250. The van der Waals surface area contributed by atoms with E-state index in [1.54, 1.807) is 24.3 Å². The van der Waals surface area contributed by atoms with Crippen molar-refractivity contribution in [2.24, 2.45) is 4.99 Å². The van der Waals surface area contributed by atoms with Gasteiger partial charge in [0.05, 0.1) is 15.1 Å². The Kier molecular flexibility index (Phi) is 6.00. The minimum absolute atomic E-state index is 0.0653. The fraction of sp³-hybridized carbons (Fsp3) is 0.167. The van der Waals surface area contributed by atoms with Crippen molar-refractivity contribution in [1.82, 2.24) is 20.1 Å². The number of rotatable bonds is 6. The van der Waals surface area contributed by atoms with Crippen LogP contribution in [0.2, 0.25) is 0 Å². The van der Waals surface area contributed by atoms with Crippen LogP contribution in [0.15, 0.2) is 61.5 Å². The molecule has 13 heteroatoms. The van der Waals surface area contributed by atoms with Crippen LogP contribution in [-0.4, -0.2) is 47.2 Å². The molecule has 0 spiro atoms. The van der Waals surface area contributed by atoms with Crippen LogP contribution < -0.4 is 10.8 Å². The number of nitrogens with one attached hydrogen (secondary N) is 2. The van der Waals surface area contributed by atoms with Gasteiger partial charge in [-0.15, -0.1) is 0 Å². The Morgan fingerprint density at radius 2 is 2.10 bits per heavy atom. The van der Waals surface area contributed by atoms with E-state index in [0.717, 1.165) is 5.56 Å². The number of benzene rings is 2. The zero-order valence-corrected chi connectivity index (χ0v) is 18.2. The lowest BCUT2D eigenvalue weighted by Crippen LogP contribution is -2.30. The van der Waals surface area contributed by atoms with Crippen molar-refractivity contribution < 1.29 is 22.6 Å². The Morgan fingerprint density at radius 1 is 1.29 bits per heavy atom. The third-order valence-corrected chi connectivity index (χ3v) is 7.11. The highest BCUT2D eigenvalue weighted by atomic mass is 79.9. The summed E-state index contributed by atoms with van der Waals surface area (Å²) in [6, 6.07) is 10.9. The second-order valence-corrected chi connectivity index (χ2v) is 9.27. The van der Waals surface area contributed by atoms with Gasteiger partial charge in [0.15, 0.2) is 11.5 Å². The molecule has 1 aliphatic heterocycles. The third-order valence-electron chi connectivity index (χ3n) is 4.55. The SMILES string of the molecule is O=S1(=O)c2ccccc2CN1CCNc1nonc1C(=Nc1ccc(F)c(Br)c1)NO. The van der Waals surface area contributed by atoms with Gasteiger partial charge in [-0.25, -0.2) is 22.4 Å². The van der Waals surface area contributed by atoms with Gasteiger partial charge in [0.2, 0.25) is 15.8 Å². The van der Waals surface area contributed by atoms with E-state index in [1.165, 1.54) is 22.5 Å². The molecule has 0 bridgehead atoms. The fourth-order valence-corrected chi connectivity index (χ4v) is 5.07. The first kappa shape index (κ1) is 21.4. The van der Waals surface area contributed by atoms with E-state index < -0.39 is 15.8 Å². The smallest absolute Gasteiger partial charge is 0.243 e. The Labute approximate surface area is 184 Å². The third kappa shape index (κ3) is 4.30. The number of halogens is 2. The molecule has 31 heavy (non-hydrogen) atoms. The summed E-state index contributed by atoms with van der Waals surface area (Å²) < 4.78 is 44.9. The maximum atomic E-state index is 13.4. The molecule has 4 rings (SSSR count). The molecular weight excluding hydrogens is 495 g/mol. The van der Waals surface area contributed by atoms with Gasteiger partial charge in [0.25, 0.3) is 0 Å². The first-order valence-corrected chi connectivity index (χ1v) is 11.2. The lowest BCUT2D eigenvalue weighted by atomic mass is 10.2. The zero-order valence-electron chi connectivity index (χ0n) is 15.8. The van der Waals surface area contributed by atoms with E-state index in [1.807, 2.05) is 5.48 Å². The molecule has 0 saturated carbocycles. The second kappa shape index (κ2) is 8.70. The number of fused-ring (bicyclic) bond motifs is 1. The van der Waals surface area contributed by atoms with Crippen LogP contribution >= 0.6 is 15.9 Å². The van der Waals surface area contributed by atoms with Crippen molar-refractivity contribution in [2.75, 3.05) is 18.4 Å². The molecule has 3 aromatic rings. The topological polar surface area (TPSA) is 133 Å². The molecule has 0 unspecified atom stereocenters. The quantitative estimate of drug-likeness (QED) is 0.262. The highest BCUT2D eigenvalue weighted by Gasteiger charge is 2.33. The average molecular weight is 511 g/mol. The number of nitrogens with zero attached hydrogens (tertiary/aromatic N) is 4. The second-order valence-electron chi connectivity index (χ2n) is 6.51. The van der Waals surface area contributed by atoms with Crippen LogP contribution in [0, 0.1) is 5.82 Å². The van der Waals surface area contributed by atoms with Crippen molar-refractivity contribution in [3.63, 3.8) is 0 Å². The summed E-state index contributed by atoms with van der Waals surface area (Å²) >= 11 is 3.07. The van der Waals surface area contributed by atoms with E-state index >= 15 is 0 Å². The molecule has 2 heterocycles. The van der Waals surface area contributed by atoms with Crippen molar-refractivity contribution in [2.45, 2.75) is 11.4 Å². The molecule has 10 nitrogen and oxygen atoms in total. The van der Waals surface area contributed by atoms with Crippen LogP contribution in [0.5, 0.6) is 0 Å². The summed E-state index contributed by atoms with van der Waals surface area (Å²) in [7, 11) is -3.54. The molecule has 0 amide bonds. The number of hydroxylamine groups is 1. The minimum atomic E-state index is -3.54. The zero-order chi connectivity index (χ0) is 22.0. The molecule has 0 aliphatic carbocycles. The van der Waals surface area contributed by atoms with Gasteiger partial charge in [-0.05, 0) is 56.1 Å². The number of hydrogen-bond acceptors (Lipinski definition) is 8. The average Bonchev–Trinajstić information content (AvgIpc) is 3.31. The highest BCUT2D eigenvalue weighted by Crippen LogP contribution is 2.29. The number of anilines is 1. The normalized spacial score (nSPS) is 15.6. The summed E-state index contributed by atoms with van der Waals surface area (Å²) in [6.07, 6.45) is 0. The van der Waals surface area contributed by atoms with Gasteiger partial charge < -0.3 is 5.32 Å². The molecule has 0 saturated heterocycles. The predicted octanol–water partition coefficient (Wildman–Crippen LogP) is 2.64. The molecule has 162 valence electrons. The van der Waals surface area contributed by atoms with Crippen LogP contribution in [0.4, 0.5) is 15.9 Å². The van der Waals surface area contributed by atoms with E-state index in [2.05, 4.69) is 36.6 Å². The minimum Gasteiger partial charge on any atom is -0.364 e. The van der Waals surface area contributed by atoms with Crippen molar-refractivity contribution in [1.29, 1.82) is 0 Å². The molecule has 0 fully saturated rings. The summed E-state index contributed by atoms with van der Waals surface area (Å²) in [4.78, 5) is 4.48. The molecular formula is C18H16BrFN6O4S. The number of sulfonamides is 1. The van der Waals surface area contributed by atoms with Crippen LogP contribution in [0.3, 0.4) is 0 Å². The lowest BCUT2D eigenvalue weighted by molar-refractivity contribution is 0.234. The number of hydrogen-bond donors (Lipinski definition) is 3. The van der Waals surface area contributed by atoms with Gasteiger partial charge in [-0.3, -0.25) is 10.7 Å². The predicted molar refractivity (Wildman–Crippen MR) is 112 cm³/mol. The summed E-state index contributed by atoms with van der Waals surface area (Å²) in [5, 5.41) is 19.9. The van der Waals surface area contributed by atoms with Crippen LogP contribution in [0.1, 0.15) is 11.3 Å². The summed E-state index contributed by atoms with van der Waals surface area (Å²) in [6.45, 7) is 0.664. The van der Waals surface area contributed by atoms with E-state index in [9.17, 15) is 18.0 Å². The Hall–Kier alpha value is -2.87. The maximum Gasteiger partial charge on any atom is 0.243 e. The lowest BCUT2D eigenvalue weighted by Gasteiger charge is -2.14. The van der Waals surface area contributed by atoms with Gasteiger partial charge in [-0.2, -0.15) is 4.31 Å². The molecule has 1 aromatic heterocycles. The number of amidine groups is 1. The van der Waals surface area contributed by atoms with Gasteiger partial charge >= 0.3 is 0 Å². The standard InChI is InChI=1S/C18H16BrFN6O4S/c19-13-9-12(5-6-14(13)20)22-18(23-27)16-17(25-30-24-16)21-7-8-26-10-11-3-1-2-4-15(11)31(26,28)29/h1-6,9,27H,7-8,10H2,(H,21,25)(H,22,23). The fourth-order valence-electron chi connectivity index (χ4n) is 3.07. The number of aromatic nitrogens is 2. The molecule has 0 radical (unpaired) electrons. The molecule has 0 atom stereocenters.